The molecule has 9 heteroatoms. The Morgan fingerprint density at radius 3 is 2.80 bits per heavy atom. The van der Waals surface area contributed by atoms with Crippen LogP contribution in [0.5, 0.6) is 0 Å². The molecule has 2 aliphatic heterocycles. The minimum Gasteiger partial charge on any atom is -0.444 e. The molecule has 0 saturated carbocycles. The zero-order valence-electron chi connectivity index (χ0n) is 13.8. The van der Waals surface area contributed by atoms with Gasteiger partial charge in [-0.15, -0.1) is 0 Å². The first kappa shape index (κ1) is 17.7. The highest BCUT2D eigenvalue weighted by Gasteiger charge is 2.32. The van der Waals surface area contributed by atoms with Crippen LogP contribution in [0.4, 0.5) is 20.6 Å². The van der Waals surface area contributed by atoms with Gasteiger partial charge in [-0.25, -0.2) is 9.18 Å². The van der Waals surface area contributed by atoms with Gasteiger partial charge in [-0.1, -0.05) is 5.11 Å². The Hall–Kier alpha value is -2.12. The molecule has 2 saturated heterocycles. The smallest absolute Gasteiger partial charge is 0.414 e. The van der Waals surface area contributed by atoms with E-state index in [9.17, 15) is 9.18 Å². The van der Waals surface area contributed by atoms with E-state index in [1.54, 1.807) is 12.1 Å². The summed E-state index contributed by atoms with van der Waals surface area (Å²) in [7, 11) is 0. The minimum absolute atomic E-state index is 0.0745. The number of azide groups is 1. The van der Waals surface area contributed by atoms with Crippen LogP contribution in [0, 0.1) is 5.82 Å². The number of carbonyl (C=O) groups is 1. The topological polar surface area (TPSA) is 81.5 Å². The molecule has 2 heterocycles. The number of ether oxygens (including phenoxy) is 1. The first-order valence-corrected chi connectivity index (χ1v) is 9.46. The van der Waals surface area contributed by atoms with Gasteiger partial charge in [0.15, 0.2) is 0 Å². The van der Waals surface area contributed by atoms with Crippen molar-refractivity contribution in [2.45, 2.75) is 18.9 Å². The minimum atomic E-state index is -0.548. The number of hydrogen-bond donors (Lipinski definition) is 0. The van der Waals surface area contributed by atoms with Crippen LogP contribution < -0.4 is 9.80 Å². The van der Waals surface area contributed by atoms with E-state index >= 15 is 0 Å². The largest absolute Gasteiger partial charge is 0.444 e. The SMILES string of the molecule is [N-]=[N+]=NC[C@H]1CN(c2ccc(N3CCCSCCC3)c(F)c2)C(=O)O1. The molecule has 134 valence electrons. The van der Waals surface area contributed by atoms with Gasteiger partial charge in [0.2, 0.25) is 0 Å². The molecule has 0 bridgehead atoms. The Balaban J connectivity index is 1.73. The Morgan fingerprint density at radius 1 is 1.36 bits per heavy atom. The van der Waals surface area contributed by atoms with Gasteiger partial charge >= 0.3 is 6.09 Å². The Bertz CT molecular complexity index is 674. The van der Waals surface area contributed by atoms with Crippen molar-refractivity contribution in [3.63, 3.8) is 0 Å². The third-order valence-corrected chi connectivity index (χ3v) is 5.39. The number of carbonyl (C=O) groups excluding carboxylic acids is 1. The summed E-state index contributed by atoms with van der Waals surface area (Å²) in [6.07, 6.45) is 1.02. The summed E-state index contributed by atoms with van der Waals surface area (Å²) >= 11 is 1.95. The van der Waals surface area contributed by atoms with E-state index in [2.05, 4.69) is 14.9 Å². The summed E-state index contributed by atoms with van der Waals surface area (Å²) in [4.78, 5) is 18.1. The average molecular weight is 365 g/mol. The van der Waals surface area contributed by atoms with Crippen molar-refractivity contribution in [1.29, 1.82) is 0 Å². The van der Waals surface area contributed by atoms with E-state index in [0.717, 1.165) is 37.4 Å². The Kier molecular flexibility index (Phi) is 5.88. The van der Waals surface area contributed by atoms with Crippen LogP contribution in [0.3, 0.4) is 0 Å². The number of anilines is 2. The average Bonchev–Trinajstić information content (AvgIpc) is 2.94. The van der Waals surface area contributed by atoms with Gasteiger partial charge in [0.25, 0.3) is 0 Å². The predicted octanol–water partition coefficient (Wildman–Crippen LogP) is 3.79. The summed E-state index contributed by atoms with van der Waals surface area (Å²) in [5.41, 5.74) is 9.39. The molecule has 7 nitrogen and oxygen atoms in total. The summed E-state index contributed by atoms with van der Waals surface area (Å²) in [6.45, 7) is 2.00. The van der Waals surface area contributed by atoms with Crippen LogP contribution in [0.15, 0.2) is 23.3 Å². The number of cyclic esters (lactones) is 1. The molecule has 1 atom stereocenters. The fourth-order valence-electron chi connectivity index (χ4n) is 3.04. The first-order chi connectivity index (χ1) is 12.2. The van der Waals surface area contributed by atoms with E-state index < -0.39 is 12.2 Å². The van der Waals surface area contributed by atoms with Gasteiger partial charge in [-0.2, -0.15) is 11.8 Å². The summed E-state index contributed by atoms with van der Waals surface area (Å²) in [6, 6.07) is 4.84. The molecule has 2 fully saturated rings. The van der Waals surface area contributed by atoms with Crippen molar-refractivity contribution in [3.05, 3.63) is 34.5 Å². The zero-order chi connectivity index (χ0) is 17.6. The van der Waals surface area contributed by atoms with Gasteiger partial charge in [-0.3, -0.25) is 4.90 Å². The molecule has 0 N–H and O–H groups in total. The molecule has 2 aliphatic rings. The monoisotopic (exact) mass is 365 g/mol. The highest BCUT2D eigenvalue weighted by atomic mass is 32.2. The van der Waals surface area contributed by atoms with Gasteiger partial charge in [0, 0.05) is 18.0 Å². The fraction of sp³-hybridized carbons (Fsp3) is 0.562. The Morgan fingerprint density at radius 2 is 2.12 bits per heavy atom. The van der Waals surface area contributed by atoms with Gasteiger partial charge in [0.05, 0.1) is 24.5 Å². The van der Waals surface area contributed by atoms with Gasteiger partial charge in [0.1, 0.15) is 11.9 Å². The lowest BCUT2D eigenvalue weighted by molar-refractivity contribution is 0.145. The van der Waals surface area contributed by atoms with Crippen molar-refractivity contribution in [3.8, 4) is 0 Å². The zero-order valence-corrected chi connectivity index (χ0v) is 14.6. The van der Waals surface area contributed by atoms with Crippen molar-refractivity contribution in [2.75, 3.05) is 47.5 Å². The molecule has 25 heavy (non-hydrogen) atoms. The fourth-order valence-corrected chi connectivity index (χ4v) is 3.92. The summed E-state index contributed by atoms with van der Waals surface area (Å²) in [5, 5.41) is 3.42. The molecule has 0 radical (unpaired) electrons. The summed E-state index contributed by atoms with van der Waals surface area (Å²) < 4.78 is 19.8. The summed E-state index contributed by atoms with van der Waals surface area (Å²) in [5.74, 6) is 1.86. The molecule has 0 aliphatic carbocycles. The number of nitrogens with zero attached hydrogens (tertiary/aromatic N) is 5. The highest BCUT2D eigenvalue weighted by Crippen LogP contribution is 2.29. The van der Waals surface area contributed by atoms with Crippen molar-refractivity contribution in [1.82, 2.24) is 0 Å². The van der Waals surface area contributed by atoms with Crippen LogP contribution in [0.1, 0.15) is 12.8 Å². The van der Waals surface area contributed by atoms with Crippen LogP contribution >= 0.6 is 11.8 Å². The lowest BCUT2D eigenvalue weighted by Gasteiger charge is -2.27. The van der Waals surface area contributed by atoms with E-state index in [1.165, 1.54) is 11.0 Å². The normalized spacial score (nSPS) is 21.3. The highest BCUT2D eigenvalue weighted by molar-refractivity contribution is 7.99. The number of halogens is 1. The van der Waals surface area contributed by atoms with Crippen molar-refractivity contribution >= 4 is 29.2 Å². The molecule has 0 unspecified atom stereocenters. The van der Waals surface area contributed by atoms with Crippen LogP contribution in [0.2, 0.25) is 0 Å². The quantitative estimate of drug-likeness (QED) is 0.462. The Labute approximate surface area is 149 Å². The lowest BCUT2D eigenvalue weighted by atomic mass is 10.2. The first-order valence-electron chi connectivity index (χ1n) is 8.30. The van der Waals surface area contributed by atoms with Crippen LogP contribution in [0.25, 0.3) is 10.4 Å². The number of hydrogen-bond acceptors (Lipinski definition) is 5. The van der Waals surface area contributed by atoms with E-state index in [0.29, 0.717) is 11.4 Å². The second-order valence-electron chi connectivity index (χ2n) is 5.97. The van der Waals surface area contributed by atoms with Crippen LogP contribution in [-0.4, -0.2) is 49.9 Å². The predicted molar refractivity (Wildman–Crippen MR) is 96.8 cm³/mol. The molecule has 3 rings (SSSR count). The van der Waals surface area contributed by atoms with Crippen molar-refractivity contribution < 1.29 is 13.9 Å². The number of amides is 1. The van der Waals surface area contributed by atoms with E-state index in [4.69, 9.17) is 10.3 Å². The standard InChI is InChI=1S/C16H20FN5O2S/c17-14-9-12(22-11-13(10-19-20-18)24-16(22)23)3-4-15(14)21-5-1-7-25-8-2-6-21/h3-4,9,13H,1-2,5-8,10-11H2/t13-/m0/s1. The second kappa shape index (κ2) is 8.31. The van der Waals surface area contributed by atoms with Gasteiger partial charge < -0.3 is 9.64 Å². The lowest BCUT2D eigenvalue weighted by Crippen LogP contribution is -2.29. The molecule has 0 aromatic heterocycles. The van der Waals surface area contributed by atoms with E-state index in [1.807, 2.05) is 11.8 Å². The molecular formula is C16H20FN5O2S. The molecule has 0 spiro atoms. The maximum atomic E-state index is 14.7. The second-order valence-corrected chi connectivity index (χ2v) is 7.20. The third kappa shape index (κ3) is 4.29. The molecule has 1 aromatic carbocycles. The maximum Gasteiger partial charge on any atom is 0.414 e. The molecule has 1 aromatic rings. The molecular weight excluding hydrogens is 345 g/mol. The number of thioether (sulfide) groups is 1. The van der Waals surface area contributed by atoms with Crippen molar-refractivity contribution in [2.24, 2.45) is 5.11 Å². The number of benzene rings is 1. The molecule has 1 amide bonds. The van der Waals surface area contributed by atoms with Crippen LogP contribution in [-0.2, 0) is 4.74 Å². The van der Waals surface area contributed by atoms with Gasteiger partial charge in [-0.05, 0) is 48.1 Å². The number of rotatable bonds is 4. The third-order valence-electron chi connectivity index (χ3n) is 4.24. The maximum absolute atomic E-state index is 14.7. The van der Waals surface area contributed by atoms with E-state index in [-0.39, 0.29) is 18.9 Å².